The molecule has 0 aliphatic carbocycles. The summed E-state index contributed by atoms with van der Waals surface area (Å²) in [6, 6.07) is 8.14. The molecule has 4 nitrogen and oxygen atoms in total. The lowest BCUT2D eigenvalue weighted by Gasteiger charge is -2.14. The zero-order valence-corrected chi connectivity index (χ0v) is 10.3. The number of nitrogens with one attached hydrogen (secondary N) is 1. The molecule has 2 rings (SSSR count). The fourth-order valence-corrected chi connectivity index (χ4v) is 1.98. The second-order valence-corrected chi connectivity index (χ2v) is 4.28. The number of hydrogen-bond donors (Lipinski definition) is 1. The average molecular weight is 234 g/mol. The molecule has 0 aromatic heterocycles. The maximum absolute atomic E-state index is 11.7. The van der Waals surface area contributed by atoms with E-state index in [1.165, 1.54) is 0 Å². The van der Waals surface area contributed by atoms with Crippen LogP contribution in [0, 0.1) is 0 Å². The predicted molar refractivity (Wildman–Crippen MR) is 66.0 cm³/mol. The Morgan fingerprint density at radius 2 is 2.12 bits per heavy atom. The highest BCUT2D eigenvalue weighted by Gasteiger charge is 2.26. The Balaban J connectivity index is 1.98. The number of amides is 2. The van der Waals surface area contributed by atoms with Crippen molar-refractivity contribution in [2.24, 2.45) is 0 Å². The fraction of sp³-hybridized carbons (Fsp3) is 0.462. The van der Waals surface area contributed by atoms with Crippen molar-refractivity contribution in [1.82, 2.24) is 10.2 Å². The molecule has 0 saturated carbocycles. The molecule has 1 aromatic rings. The van der Waals surface area contributed by atoms with Crippen LogP contribution >= 0.6 is 0 Å². The molecule has 1 aliphatic heterocycles. The van der Waals surface area contributed by atoms with Gasteiger partial charge in [-0.25, -0.2) is 4.79 Å². The first-order chi connectivity index (χ1) is 8.22. The second-order valence-electron chi connectivity index (χ2n) is 4.28. The van der Waals surface area contributed by atoms with Crippen molar-refractivity contribution in [2.75, 3.05) is 13.7 Å². The summed E-state index contributed by atoms with van der Waals surface area (Å²) < 4.78 is 5.10. The van der Waals surface area contributed by atoms with E-state index in [0.717, 1.165) is 24.3 Å². The minimum absolute atomic E-state index is 0.0349. The molecule has 1 unspecified atom stereocenters. The summed E-state index contributed by atoms with van der Waals surface area (Å²) in [7, 11) is 1.65. The number of rotatable bonds is 4. The molecule has 2 amide bonds. The topological polar surface area (TPSA) is 41.6 Å². The summed E-state index contributed by atoms with van der Waals surface area (Å²) in [5, 5.41) is 2.96. The Bertz CT molecular complexity index is 389. The molecular formula is C13H18N2O2. The van der Waals surface area contributed by atoms with Gasteiger partial charge in [0.15, 0.2) is 0 Å². The molecule has 0 bridgehead atoms. The average Bonchev–Trinajstić information content (AvgIpc) is 2.71. The molecule has 1 aromatic carbocycles. The van der Waals surface area contributed by atoms with Gasteiger partial charge in [0.05, 0.1) is 7.11 Å². The minimum Gasteiger partial charge on any atom is -0.497 e. The third-order valence-corrected chi connectivity index (χ3v) is 3.08. The number of benzene rings is 1. The maximum atomic E-state index is 11.7. The van der Waals surface area contributed by atoms with Gasteiger partial charge in [0.2, 0.25) is 0 Å². The van der Waals surface area contributed by atoms with E-state index in [2.05, 4.69) is 12.2 Å². The molecule has 1 fully saturated rings. The van der Waals surface area contributed by atoms with Gasteiger partial charge in [-0.3, -0.25) is 0 Å². The Morgan fingerprint density at radius 1 is 1.41 bits per heavy atom. The highest BCUT2D eigenvalue weighted by molar-refractivity contribution is 5.76. The first kappa shape index (κ1) is 11.8. The van der Waals surface area contributed by atoms with Crippen molar-refractivity contribution in [3.05, 3.63) is 29.8 Å². The first-order valence-electron chi connectivity index (χ1n) is 5.91. The fourth-order valence-electron chi connectivity index (χ4n) is 1.98. The predicted octanol–water partition coefficient (Wildman–Crippen LogP) is 2.00. The van der Waals surface area contributed by atoms with E-state index < -0.39 is 0 Å². The van der Waals surface area contributed by atoms with E-state index in [1.54, 1.807) is 7.11 Å². The molecule has 0 radical (unpaired) electrons. The van der Waals surface area contributed by atoms with Gasteiger partial charge in [-0.1, -0.05) is 19.1 Å². The molecule has 1 N–H and O–H groups in total. The van der Waals surface area contributed by atoms with E-state index in [1.807, 2.05) is 29.2 Å². The summed E-state index contributed by atoms with van der Waals surface area (Å²) in [6.07, 6.45) is 0.977. The van der Waals surface area contributed by atoms with Crippen molar-refractivity contribution < 1.29 is 9.53 Å². The number of carbonyl (C=O) groups excluding carboxylic acids is 1. The van der Waals surface area contributed by atoms with E-state index in [0.29, 0.717) is 12.6 Å². The van der Waals surface area contributed by atoms with Crippen molar-refractivity contribution in [3.8, 4) is 5.75 Å². The first-order valence-corrected chi connectivity index (χ1v) is 5.91. The maximum Gasteiger partial charge on any atom is 0.318 e. The normalized spacial score (nSPS) is 19.3. The smallest absolute Gasteiger partial charge is 0.318 e. The number of methoxy groups -OCH3 is 1. The van der Waals surface area contributed by atoms with Crippen LogP contribution in [0.2, 0.25) is 0 Å². The molecule has 4 heteroatoms. The highest BCUT2D eigenvalue weighted by Crippen LogP contribution is 2.15. The molecule has 17 heavy (non-hydrogen) atoms. The molecule has 0 spiro atoms. The van der Waals surface area contributed by atoms with Gasteiger partial charge < -0.3 is 15.0 Å². The number of urea groups is 1. The van der Waals surface area contributed by atoms with Gasteiger partial charge in [0.25, 0.3) is 0 Å². The van der Waals surface area contributed by atoms with Gasteiger partial charge >= 0.3 is 6.03 Å². The van der Waals surface area contributed by atoms with Crippen molar-refractivity contribution in [3.63, 3.8) is 0 Å². The van der Waals surface area contributed by atoms with Crippen LogP contribution in [0.3, 0.4) is 0 Å². The van der Waals surface area contributed by atoms with E-state index in [9.17, 15) is 4.79 Å². The second kappa shape index (κ2) is 5.08. The van der Waals surface area contributed by atoms with Crippen LogP contribution < -0.4 is 10.1 Å². The van der Waals surface area contributed by atoms with Crippen LogP contribution in [0.4, 0.5) is 4.79 Å². The monoisotopic (exact) mass is 234 g/mol. The van der Waals surface area contributed by atoms with Crippen molar-refractivity contribution >= 4 is 6.03 Å². The third kappa shape index (κ3) is 2.70. The lowest BCUT2D eigenvalue weighted by atomic mass is 10.2. The Labute approximate surface area is 102 Å². The van der Waals surface area contributed by atoms with Gasteiger partial charge in [0.1, 0.15) is 5.75 Å². The molecule has 1 heterocycles. The van der Waals surface area contributed by atoms with Crippen LogP contribution in [0.25, 0.3) is 0 Å². The molecule has 1 atom stereocenters. The highest BCUT2D eigenvalue weighted by atomic mass is 16.5. The van der Waals surface area contributed by atoms with Gasteiger partial charge in [-0.05, 0) is 24.1 Å². The quantitative estimate of drug-likeness (QED) is 0.865. The summed E-state index contributed by atoms with van der Waals surface area (Å²) in [5.74, 6) is 0.839. The zero-order chi connectivity index (χ0) is 12.3. The van der Waals surface area contributed by atoms with Crippen LogP contribution in [0.15, 0.2) is 24.3 Å². The zero-order valence-electron chi connectivity index (χ0n) is 10.3. The Morgan fingerprint density at radius 3 is 2.65 bits per heavy atom. The van der Waals surface area contributed by atoms with Crippen molar-refractivity contribution in [2.45, 2.75) is 25.9 Å². The number of hydrogen-bond acceptors (Lipinski definition) is 2. The summed E-state index contributed by atoms with van der Waals surface area (Å²) in [4.78, 5) is 13.5. The molecule has 92 valence electrons. The summed E-state index contributed by atoms with van der Waals surface area (Å²) in [5.41, 5.74) is 1.12. The van der Waals surface area contributed by atoms with Gasteiger partial charge in [-0.15, -0.1) is 0 Å². The summed E-state index contributed by atoms with van der Waals surface area (Å²) in [6.45, 7) is 3.54. The number of nitrogens with zero attached hydrogens (tertiary/aromatic N) is 1. The van der Waals surface area contributed by atoms with E-state index in [-0.39, 0.29) is 6.03 Å². The molecule has 1 aliphatic rings. The van der Waals surface area contributed by atoms with Crippen LogP contribution in [0.1, 0.15) is 18.9 Å². The molecular weight excluding hydrogens is 216 g/mol. The number of ether oxygens (including phenoxy) is 1. The largest absolute Gasteiger partial charge is 0.497 e. The van der Waals surface area contributed by atoms with E-state index >= 15 is 0 Å². The lowest BCUT2D eigenvalue weighted by Crippen LogP contribution is -2.28. The van der Waals surface area contributed by atoms with Crippen LogP contribution in [-0.4, -0.2) is 30.6 Å². The Hall–Kier alpha value is -1.71. The van der Waals surface area contributed by atoms with Gasteiger partial charge in [0, 0.05) is 19.1 Å². The van der Waals surface area contributed by atoms with Gasteiger partial charge in [-0.2, -0.15) is 0 Å². The van der Waals surface area contributed by atoms with Crippen LogP contribution in [0.5, 0.6) is 5.75 Å². The minimum atomic E-state index is 0.0349. The third-order valence-electron chi connectivity index (χ3n) is 3.08. The standard InChI is InChI=1S/C13H18N2O2/c1-3-11-9-15(13(16)14-11)8-10-4-6-12(17-2)7-5-10/h4-7,11H,3,8-9H2,1-2H3,(H,14,16). The van der Waals surface area contributed by atoms with Crippen LogP contribution in [-0.2, 0) is 6.54 Å². The summed E-state index contributed by atoms with van der Waals surface area (Å²) >= 11 is 0. The lowest BCUT2D eigenvalue weighted by molar-refractivity contribution is 0.215. The van der Waals surface area contributed by atoms with Crippen molar-refractivity contribution in [1.29, 1.82) is 0 Å². The SMILES string of the molecule is CCC1CN(Cc2ccc(OC)cc2)C(=O)N1. The Kier molecular flexibility index (Phi) is 3.52. The van der Waals surface area contributed by atoms with E-state index in [4.69, 9.17) is 4.74 Å². The molecule has 1 saturated heterocycles. The number of carbonyl (C=O) groups is 1.